The third kappa shape index (κ3) is 5.14. The number of carbonyl (C=O) groups excluding carboxylic acids is 1. The first-order chi connectivity index (χ1) is 6.99. The molecule has 4 heteroatoms. The van der Waals surface area contributed by atoms with Gasteiger partial charge in [-0.2, -0.15) is 0 Å². The second-order valence-corrected chi connectivity index (χ2v) is 4.15. The van der Waals surface area contributed by atoms with Crippen LogP contribution in [0.1, 0.15) is 33.6 Å². The highest BCUT2D eigenvalue weighted by Gasteiger charge is 2.21. The molecule has 0 rings (SSSR count). The number of carbonyl (C=O) groups is 1. The van der Waals surface area contributed by atoms with Crippen LogP contribution in [-0.2, 0) is 4.79 Å². The SMILES string of the molecule is CCN(C)C(=O)CNC(C)(CC)CCO. The molecule has 0 radical (unpaired) electrons. The fourth-order valence-electron chi connectivity index (χ4n) is 1.24. The Kier molecular flexibility index (Phi) is 6.52. The lowest BCUT2D eigenvalue weighted by atomic mass is 9.95. The van der Waals surface area contributed by atoms with Crippen molar-refractivity contribution in [1.29, 1.82) is 0 Å². The summed E-state index contributed by atoms with van der Waals surface area (Å²) in [6.45, 7) is 7.25. The van der Waals surface area contributed by atoms with Gasteiger partial charge >= 0.3 is 0 Å². The first kappa shape index (κ1) is 14.4. The predicted molar refractivity (Wildman–Crippen MR) is 61.7 cm³/mol. The predicted octanol–water partition coefficient (Wildman–Crippen LogP) is 0.605. The number of hydrogen-bond donors (Lipinski definition) is 2. The number of rotatable bonds is 7. The van der Waals surface area contributed by atoms with Crippen molar-refractivity contribution in [1.82, 2.24) is 10.2 Å². The molecule has 1 atom stereocenters. The van der Waals surface area contributed by atoms with Gasteiger partial charge in [0.1, 0.15) is 0 Å². The van der Waals surface area contributed by atoms with E-state index >= 15 is 0 Å². The molecule has 0 aromatic carbocycles. The fraction of sp³-hybridized carbons (Fsp3) is 0.909. The van der Waals surface area contributed by atoms with E-state index in [1.54, 1.807) is 11.9 Å². The summed E-state index contributed by atoms with van der Waals surface area (Å²) in [5.74, 6) is 0.0927. The van der Waals surface area contributed by atoms with Gasteiger partial charge in [-0.3, -0.25) is 4.79 Å². The summed E-state index contributed by atoms with van der Waals surface area (Å²) >= 11 is 0. The molecular formula is C11H24N2O2. The summed E-state index contributed by atoms with van der Waals surface area (Å²) in [4.78, 5) is 13.2. The zero-order valence-electron chi connectivity index (χ0n) is 10.3. The maximum Gasteiger partial charge on any atom is 0.236 e. The zero-order valence-corrected chi connectivity index (χ0v) is 10.3. The van der Waals surface area contributed by atoms with Crippen molar-refractivity contribution in [2.45, 2.75) is 39.2 Å². The second-order valence-electron chi connectivity index (χ2n) is 4.15. The highest BCUT2D eigenvalue weighted by molar-refractivity contribution is 5.77. The van der Waals surface area contributed by atoms with E-state index in [2.05, 4.69) is 12.2 Å². The summed E-state index contributed by atoms with van der Waals surface area (Å²) < 4.78 is 0. The Morgan fingerprint density at radius 3 is 2.47 bits per heavy atom. The summed E-state index contributed by atoms with van der Waals surface area (Å²) in [5.41, 5.74) is -0.140. The largest absolute Gasteiger partial charge is 0.396 e. The average Bonchev–Trinajstić information content (AvgIpc) is 2.25. The molecule has 0 aliphatic rings. The Bertz CT molecular complexity index is 197. The van der Waals surface area contributed by atoms with Crippen molar-refractivity contribution in [3.05, 3.63) is 0 Å². The average molecular weight is 216 g/mol. The van der Waals surface area contributed by atoms with E-state index in [0.717, 1.165) is 13.0 Å². The molecule has 1 unspecified atom stereocenters. The van der Waals surface area contributed by atoms with E-state index in [4.69, 9.17) is 5.11 Å². The Morgan fingerprint density at radius 2 is 2.07 bits per heavy atom. The zero-order chi connectivity index (χ0) is 11.9. The third-order valence-electron chi connectivity index (χ3n) is 3.01. The molecule has 0 aromatic heterocycles. The number of nitrogens with zero attached hydrogens (tertiary/aromatic N) is 1. The van der Waals surface area contributed by atoms with Crippen LogP contribution in [0.4, 0.5) is 0 Å². The quantitative estimate of drug-likeness (QED) is 0.655. The highest BCUT2D eigenvalue weighted by atomic mass is 16.3. The number of aliphatic hydroxyl groups excluding tert-OH is 1. The minimum Gasteiger partial charge on any atom is -0.396 e. The highest BCUT2D eigenvalue weighted by Crippen LogP contribution is 2.13. The van der Waals surface area contributed by atoms with Crippen LogP contribution in [0.2, 0.25) is 0 Å². The molecule has 4 nitrogen and oxygen atoms in total. The standard InChI is InChI=1S/C11H24N2O2/c1-5-11(3,7-8-14)12-9-10(15)13(4)6-2/h12,14H,5-9H2,1-4H3. The van der Waals surface area contributed by atoms with E-state index in [0.29, 0.717) is 13.0 Å². The smallest absolute Gasteiger partial charge is 0.236 e. The Balaban J connectivity index is 4.05. The van der Waals surface area contributed by atoms with Gasteiger partial charge in [0.15, 0.2) is 0 Å². The van der Waals surface area contributed by atoms with Gasteiger partial charge in [0.25, 0.3) is 0 Å². The number of nitrogens with one attached hydrogen (secondary N) is 1. The fourth-order valence-corrected chi connectivity index (χ4v) is 1.24. The molecule has 1 amide bonds. The first-order valence-electron chi connectivity index (χ1n) is 5.59. The second kappa shape index (κ2) is 6.80. The van der Waals surface area contributed by atoms with Gasteiger partial charge in [0.05, 0.1) is 6.54 Å². The van der Waals surface area contributed by atoms with Gasteiger partial charge in [-0.15, -0.1) is 0 Å². The van der Waals surface area contributed by atoms with E-state index in [-0.39, 0.29) is 18.1 Å². The van der Waals surface area contributed by atoms with Crippen LogP contribution in [0.25, 0.3) is 0 Å². The summed E-state index contributed by atoms with van der Waals surface area (Å²) in [7, 11) is 1.79. The molecule has 0 spiro atoms. The number of hydrogen-bond acceptors (Lipinski definition) is 3. The lowest BCUT2D eigenvalue weighted by Crippen LogP contribution is -2.47. The van der Waals surface area contributed by atoms with Crippen molar-refractivity contribution in [2.24, 2.45) is 0 Å². The van der Waals surface area contributed by atoms with Crippen LogP contribution in [0.5, 0.6) is 0 Å². The maximum atomic E-state index is 11.5. The van der Waals surface area contributed by atoms with Crippen molar-refractivity contribution < 1.29 is 9.90 Å². The van der Waals surface area contributed by atoms with Gasteiger partial charge < -0.3 is 15.3 Å². The lowest BCUT2D eigenvalue weighted by molar-refractivity contribution is -0.129. The van der Waals surface area contributed by atoms with Crippen molar-refractivity contribution in [3.63, 3.8) is 0 Å². The van der Waals surface area contributed by atoms with E-state index in [1.807, 2.05) is 13.8 Å². The van der Waals surface area contributed by atoms with E-state index < -0.39 is 0 Å². The van der Waals surface area contributed by atoms with Crippen LogP contribution in [-0.4, -0.2) is 48.2 Å². The maximum absolute atomic E-state index is 11.5. The minimum absolute atomic E-state index is 0.0927. The summed E-state index contributed by atoms with van der Waals surface area (Å²) in [5, 5.41) is 12.1. The monoisotopic (exact) mass is 216 g/mol. The summed E-state index contributed by atoms with van der Waals surface area (Å²) in [6.07, 6.45) is 1.57. The number of aliphatic hydroxyl groups is 1. The molecule has 0 heterocycles. The molecule has 0 fully saturated rings. The topological polar surface area (TPSA) is 52.6 Å². The normalized spacial score (nSPS) is 14.7. The Morgan fingerprint density at radius 1 is 1.47 bits per heavy atom. The van der Waals surface area contributed by atoms with Crippen LogP contribution in [0, 0.1) is 0 Å². The molecule has 15 heavy (non-hydrogen) atoms. The van der Waals surface area contributed by atoms with E-state index in [1.165, 1.54) is 0 Å². The molecular weight excluding hydrogens is 192 g/mol. The van der Waals surface area contributed by atoms with Gasteiger partial charge in [-0.25, -0.2) is 0 Å². The van der Waals surface area contributed by atoms with Crippen LogP contribution in [0.15, 0.2) is 0 Å². The molecule has 90 valence electrons. The van der Waals surface area contributed by atoms with Gasteiger partial charge in [0, 0.05) is 25.7 Å². The van der Waals surface area contributed by atoms with Crippen molar-refractivity contribution >= 4 is 5.91 Å². The van der Waals surface area contributed by atoms with Crippen LogP contribution < -0.4 is 5.32 Å². The summed E-state index contributed by atoms with van der Waals surface area (Å²) in [6, 6.07) is 0. The van der Waals surface area contributed by atoms with E-state index in [9.17, 15) is 4.79 Å². The van der Waals surface area contributed by atoms with Gasteiger partial charge in [0.2, 0.25) is 5.91 Å². The van der Waals surface area contributed by atoms with Gasteiger partial charge in [-0.05, 0) is 26.7 Å². The number of amides is 1. The third-order valence-corrected chi connectivity index (χ3v) is 3.01. The lowest BCUT2D eigenvalue weighted by Gasteiger charge is -2.29. The molecule has 2 N–H and O–H groups in total. The van der Waals surface area contributed by atoms with Gasteiger partial charge in [-0.1, -0.05) is 6.92 Å². The molecule has 0 aliphatic carbocycles. The van der Waals surface area contributed by atoms with Crippen molar-refractivity contribution in [2.75, 3.05) is 26.7 Å². The molecule has 0 bridgehead atoms. The minimum atomic E-state index is -0.140. The molecule has 0 saturated heterocycles. The first-order valence-corrected chi connectivity index (χ1v) is 5.59. The van der Waals surface area contributed by atoms with Crippen LogP contribution in [0.3, 0.4) is 0 Å². The van der Waals surface area contributed by atoms with Crippen LogP contribution >= 0.6 is 0 Å². The molecule has 0 aromatic rings. The molecule has 0 saturated carbocycles. The molecule has 0 aliphatic heterocycles. The number of likely N-dealkylation sites (N-methyl/N-ethyl adjacent to an activating group) is 1. The Hall–Kier alpha value is -0.610. The Labute approximate surface area is 92.7 Å². The van der Waals surface area contributed by atoms with Crippen molar-refractivity contribution in [3.8, 4) is 0 Å².